The first-order valence-corrected chi connectivity index (χ1v) is 8.96. The predicted octanol–water partition coefficient (Wildman–Crippen LogP) is 4.85. The van der Waals surface area contributed by atoms with Crippen molar-refractivity contribution in [2.45, 2.75) is 6.42 Å². The highest BCUT2D eigenvalue weighted by Gasteiger charge is 2.21. The second-order valence-corrected chi connectivity index (χ2v) is 6.80. The van der Waals surface area contributed by atoms with Crippen LogP contribution < -0.4 is 23.7 Å². The number of hydrogen-bond donors (Lipinski definition) is 0. The molecular formula is C18H20Br2O5. The molecule has 0 heterocycles. The first kappa shape index (κ1) is 19.7. The lowest BCUT2D eigenvalue weighted by Crippen LogP contribution is -2.02. The lowest BCUT2D eigenvalue weighted by Gasteiger charge is -2.18. The van der Waals surface area contributed by atoms with E-state index < -0.39 is 0 Å². The standard InChI is InChI=1S/C18H20Br2O5/c1-21-14-8-10(12(19)9-15(14)22-2)6-11-7-13(20)17(24-4)18(25-5)16(11)23-3/h7-9H,6H2,1-5H3. The Hall–Kier alpha value is -1.60. The van der Waals surface area contributed by atoms with Crippen LogP contribution in [0.5, 0.6) is 28.7 Å². The molecule has 2 aromatic rings. The van der Waals surface area contributed by atoms with Crippen molar-refractivity contribution in [2.75, 3.05) is 35.5 Å². The van der Waals surface area contributed by atoms with Crippen molar-refractivity contribution in [3.05, 3.63) is 38.3 Å². The number of hydrogen-bond acceptors (Lipinski definition) is 5. The normalized spacial score (nSPS) is 10.4. The predicted molar refractivity (Wildman–Crippen MR) is 104 cm³/mol. The van der Waals surface area contributed by atoms with Crippen LogP contribution in [0.15, 0.2) is 27.1 Å². The van der Waals surface area contributed by atoms with Crippen molar-refractivity contribution in [1.29, 1.82) is 0 Å². The van der Waals surface area contributed by atoms with Crippen LogP contribution >= 0.6 is 31.9 Å². The second kappa shape index (κ2) is 8.67. The Morgan fingerprint density at radius 1 is 0.600 bits per heavy atom. The van der Waals surface area contributed by atoms with Crippen molar-refractivity contribution in [3.8, 4) is 28.7 Å². The quantitative estimate of drug-likeness (QED) is 0.573. The van der Waals surface area contributed by atoms with Crippen LogP contribution in [0, 0.1) is 0 Å². The molecule has 0 saturated heterocycles. The molecule has 0 bridgehead atoms. The van der Waals surface area contributed by atoms with E-state index in [4.69, 9.17) is 23.7 Å². The van der Waals surface area contributed by atoms with Crippen molar-refractivity contribution < 1.29 is 23.7 Å². The molecule has 25 heavy (non-hydrogen) atoms. The minimum atomic E-state index is 0.547. The van der Waals surface area contributed by atoms with Crippen molar-refractivity contribution in [3.63, 3.8) is 0 Å². The summed E-state index contributed by atoms with van der Waals surface area (Å²) in [5, 5.41) is 0. The molecule has 0 atom stereocenters. The second-order valence-electron chi connectivity index (χ2n) is 5.09. The Kier molecular flexibility index (Phi) is 6.84. The molecule has 7 heteroatoms. The van der Waals surface area contributed by atoms with Gasteiger partial charge < -0.3 is 23.7 Å². The van der Waals surface area contributed by atoms with Gasteiger partial charge in [-0.2, -0.15) is 0 Å². The van der Waals surface area contributed by atoms with Crippen LogP contribution in [0.4, 0.5) is 0 Å². The zero-order chi connectivity index (χ0) is 18.6. The highest BCUT2D eigenvalue weighted by Crippen LogP contribution is 2.46. The number of halogens is 2. The van der Waals surface area contributed by atoms with Gasteiger partial charge in [0.2, 0.25) is 5.75 Å². The van der Waals surface area contributed by atoms with Gasteiger partial charge in [0.25, 0.3) is 0 Å². The zero-order valence-electron chi connectivity index (χ0n) is 14.7. The van der Waals surface area contributed by atoms with Gasteiger partial charge >= 0.3 is 0 Å². The fourth-order valence-electron chi connectivity index (χ4n) is 2.61. The van der Waals surface area contributed by atoms with Gasteiger partial charge in [-0.1, -0.05) is 15.9 Å². The van der Waals surface area contributed by atoms with Crippen molar-refractivity contribution in [1.82, 2.24) is 0 Å². The van der Waals surface area contributed by atoms with Gasteiger partial charge in [0, 0.05) is 16.5 Å². The molecule has 0 amide bonds. The molecule has 5 nitrogen and oxygen atoms in total. The SMILES string of the molecule is COc1cc(Br)c(Cc2cc(Br)c(OC)c(OC)c2OC)cc1OC. The lowest BCUT2D eigenvalue weighted by atomic mass is 10.0. The average molecular weight is 476 g/mol. The molecule has 0 aliphatic heterocycles. The molecular weight excluding hydrogens is 456 g/mol. The zero-order valence-corrected chi connectivity index (χ0v) is 17.9. The molecule has 0 fully saturated rings. The van der Waals surface area contributed by atoms with Gasteiger partial charge in [0.05, 0.1) is 40.0 Å². The van der Waals surface area contributed by atoms with Gasteiger partial charge in [-0.3, -0.25) is 0 Å². The smallest absolute Gasteiger partial charge is 0.204 e. The Morgan fingerprint density at radius 2 is 1.16 bits per heavy atom. The van der Waals surface area contributed by atoms with E-state index in [0.29, 0.717) is 35.2 Å². The monoisotopic (exact) mass is 474 g/mol. The summed E-state index contributed by atoms with van der Waals surface area (Å²) >= 11 is 7.12. The van der Waals surface area contributed by atoms with Gasteiger partial charge in [0.1, 0.15) is 0 Å². The van der Waals surface area contributed by atoms with Crippen LogP contribution in [0.25, 0.3) is 0 Å². The van der Waals surface area contributed by atoms with Crippen molar-refractivity contribution >= 4 is 31.9 Å². The minimum absolute atomic E-state index is 0.547. The third-order valence-corrected chi connectivity index (χ3v) is 5.10. The Morgan fingerprint density at radius 3 is 1.68 bits per heavy atom. The van der Waals surface area contributed by atoms with Crippen LogP contribution in [0.2, 0.25) is 0 Å². The van der Waals surface area contributed by atoms with E-state index in [9.17, 15) is 0 Å². The molecule has 0 saturated carbocycles. The minimum Gasteiger partial charge on any atom is -0.493 e. The van der Waals surface area contributed by atoms with E-state index in [1.54, 1.807) is 35.5 Å². The number of ether oxygens (including phenoxy) is 5. The Balaban J connectivity index is 2.56. The molecule has 0 aromatic heterocycles. The third kappa shape index (κ3) is 3.98. The molecule has 136 valence electrons. The summed E-state index contributed by atoms with van der Waals surface area (Å²) in [7, 11) is 8.01. The van der Waals surface area contributed by atoms with Crippen LogP contribution in [-0.2, 0) is 6.42 Å². The first-order valence-electron chi connectivity index (χ1n) is 7.38. The van der Waals surface area contributed by atoms with Gasteiger partial charge in [-0.05, 0) is 39.7 Å². The maximum Gasteiger partial charge on any atom is 0.204 e. The number of benzene rings is 2. The molecule has 0 aliphatic carbocycles. The van der Waals surface area contributed by atoms with E-state index in [1.165, 1.54) is 0 Å². The Labute approximate surface area is 164 Å². The average Bonchev–Trinajstić information content (AvgIpc) is 2.62. The lowest BCUT2D eigenvalue weighted by molar-refractivity contribution is 0.321. The molecule has 0 aliphatic rings. The molecule has 0 N–H and O–H groups in total. The first-order chi connectivity index (χ1) is 12.0. The van der Waals surface area contributed by atoms with Crippen LogP contribution in [0.1, 0.15) is 11.1 Å². The fourth-order valence-corrected chi connectivity index (χ4v) is 3.69. The van der Waals surface area contributed by atoms with Crippen LogP contribution in [0.3, 0.4) is 0 Å². The number of methoxy groups -OCH3 is 5. The summed E-state index contributed by atoms with van der Waals surface area (Å²) in [5.74, 6) is 3.10. The summed E-state index contributed by atoms with van der Waals surface area (Å²) in [4.78, 5) is 0. The third-order valence-electron chi connectivity index (χ3n) is 3.77. The summed E-state index contributed by atoms with van der Waals surface area (Å²) in [5.41, 5.74) is 1.97. The summed E-state index contributed by atoms with van der Waals surface area (Å²) < 4.78 is 28.9. The van der Waals surface area contributed by atoms with Crippen LogP contribution in [-0.4, -0.2) is 35.5 Å². The van der Waals surface area contributed by atoms with Gasteiger partial charge in [-0.15, -0.1) is 0 Å². The fraction of sp³-hybridized carbons (Fsp3) is 0.333. The number of rotatable bonds is 7. The van der Waals surface area contributed by atoms with Gasteiger partial charge in [0.15, 0.2) is 23.0 Å². The summed E-state index contributed by atoms with van der Waals surface area (Å²) in [6.07, 6.45) is 0.600. The van der Waals surface area contributed by atoms with E-state index >= 15 is 0 Å². The molecule has 2 aromatic carbocycles. The van der Waals surface area contributed by atoms with Gasteiger partial charge in [-0.25, -0.2) is 0 Å². The molecule has 0 spiro atoms. The topological polar surface area (TPSA) is 46.2 Å². The highest BCUT2D eigenvalue weighted by molar-refractivity contribution is 9.10. The summed E-state index contributed by atoms with van der Waals surface area (Å²) in [6, 6.07) is 5.78. The van der Waals surface area contributed by atoms with E-state index in [-0.39, 0.29) is 0 Å². The maximum atomic E-state index is 5.58. The van der Waals surface area contributed by atoms with E-state index in [1.807, 2.05) is 18.2 Å². The van der Waals surface area contributed by atoms with E-state index in [2.05, 4.69) is 31.9 Å². The van der Waals surface area contributed by atoms with E-state index in [0.717, 1.165) is 20.1 Å². The maximum absolute atomic E-state index is 5.58. The molecule has 2 rings (SSSR count). The molecule has 0 radical (unpaired) electrons. The van der Waals surface area contributed by atoms with Crippen molar-refractivity contribution in [2.24, 2.45) is 0 Å². The highest BCUT2D eigenvalue weighted by atomic mass is 79.9. The Bertz CT molecular complexity index is 762. The largest absolute Gasteiger partial charge is 0.493 e. The summed E-state index contributed by atoms with van der Waals surface area (Å²) in [6.45, 7) is 0. The molecule has 0 unspecified atom stereocenters.